The molecule has 3 rings (SSSR count). The third kappa shape index (κ3) is 3.10. The van der Waals surface area contributed by atoms with E-state index in [9.17, 15) is 18.7 Å². The second-order valence-electron chi connectivity index (χ2n) is 5.85. The number of hydrogen-bond donors (Lipinski definition) is 2. The minimum atomic E-state index is -1.18. The molecule has 0 spiro atoms. The molecule has 0 atom stereocenters. The molecule has 2 aromatic carbocycles. The fourth-order valence-corrected chi connectivity index (χ4v) is 2.84. The molecular weight excluding hydrogens is 316 g/mol. The van der Waals surface area contributed by atoms with E-state index >= 15 is 0 Å². The third-order valence-electron chi connectivity index (χ3n) is 4.13. The molecule has 4 nitrogen and oxygen atoms in total. The van der Waals surface area contributed by atoms with E-state index in [2.05, 4.69) is 5.32 Å². The van der Waals surface area contributed by atoms with Crippen LogP contribution in [0.1, 0.15) is 17.5 Å². The molecule has 2 N–H and O–H groups in total. The molecule has 0 radical (unpaired) electrons. The minimum absolute atomic E-state index is 0.0210. The zero-order chi connectivity index (χ0) is 17.2. The van der Waals surface area contributed by atoms with Crippen LogP contribution in [-0.4, -0.2) is 24.2 Å². The average molecular weight is 333 g/mol. The first-order chi connectivity index (χ1) is 11.5. The number of para-hydroxylation sites is 1. The topological polar surface area (TPSA) is 58.6 Å². The Balaban J connectivity index is 1.71. The van der Waals surface area contributed by atoms with Crippen LogP contribution in [-0.2, 0) is 21.5 Å². The van der Waals surface area contributed by atoms with Gasteiger partial charge in [0.1, 0.15) is 22.9 Å². The molecule has 126 valence electrons. The van der Waals surface area contributed by atoms with Gasteiger partial charge in [-0.15, -0.1) is 0 Å². The van der Waals surface area contributed by atoms with Crippen molar-refractivity contribution < 1.29 is 23.4 Å². The number of nitrogens with one attached hydrogen (secondary N) is 1. The van der Waals surface area contributed by atoms with Crippen molar-refractivity contribution in [2.24, 2.45) is 0 Å². The summed E-state index contributed by atoms with van der Waals surface area (Å²) >= 11 is 0. The summed E-state index contributed by atoms with van der Waals surface area (Å²) in [5.74, 6) is -1.66. The van der Waals surface area contributed by atoms with Crippen LogP contribution in [0.25, 0.3) is 0 Å². The van der Waals surface area contributed by atoms with Gasteiger partial charge in [0.05, 0.1) is 18.8 Å². The van der Waals surface area contributed by atoms with Gasteiger partial charge in [-0.05, 0) is 30.2 Å². The van der Waals surface area contributed by atoms with Gasteiger partial charge in [0, 0.05) is 6.42 Å². The van der Waals surface area contributed by atoms with Crippen LogP contribution in [0.15, 0.2) is 42.5 Å². The molecule has 0 aliphatic carbocycles. The fraction of sp³-hybridized carbons (Fsp3) is 0.278. The monoisotopic (exact) mass is 333 g/mol. The summed E-state index contributed by atoms with van der Waals surface area (Å²) in [6.07, 6.45) is 0.421. The van der Waals surface area contributed by atoms with Crippen molar-refractivity contribution in [3.8, 4) is 5.75 Å². The van der Waals surface area contributed by atoms with Crippen LogP contribution >= 0.6 is 0 Å². The molecule has 1 amide bonds. The average Bonchev–Trinajstić information content (AvgIpc) is 2.51. The molecule has 0 bridgehead atoms. The Kier molecular flexibility index (Phi) is 4.49. The zero-order valence-electron chi connectivity index (χ0n) is 12.9. The van der Waals surface area contributed by atoms with Crippen molar-refractivity contribution in [2.45, 2.75) is 18.4 Å². The standard InChI is InChI=1S/C18H17F2NO3/c19-13-5-3-6-14(20)17(13)18(10-24-11-18)21-16(23)9-8-12-4-1-2-7-15(12)22/h1-7,22H,8-11H2,(H,21,23). The van der Waals surface area contributed by atoms with Crippen LogP contribution < -0.4 is 5.32 Å². The predicted octanol–water partition coefficient (Wildman–Crippen LogP) is 2.64. The summed E-state index contributed by atoms with van der Waals surface area (Å²) in [6.45, 7) is 0.0420. The number of amides is 1. The van der Waals surface area contributed by atoms with E-state index < -0.39 is 17.2 Å². The molecule has 0 saturated carbocycles. The summed E-state index contributed by atoms with van der Waals surface area (Å²) in [5.41, 5.74) is -0.707. The Hall–Kier alpha value is -2.47. The largest absolute Gasteiger partial charge is 0.508 e. The second-order valence-corrected chi connectivity index (χ2v) is 5.85. The van der Waals surface area contributed by atoms with Gasteiger partial charge >= 0.3 is 0 Å². The number of rotatable bonds is 5. The Morgan fingerprint density at radius 1 is 1.12 bits per heavy atom. The van der Waals surface area contributed by atoms with Crippen molar-refractivity contribution in [3.63, 3.8) is 0 Å². The van der Waals surface area contributed by atoms with Gasteiger partial charge in [-0.25, -0.2) is 8.78 Å². The summed E-state index contributed by atoms with van der Waals surface area (Å²) in [6, 6.07) is 10.3. The number of hydrogen-bond acceptors (Lipinski definition) is 3. The first kappa shape index (κ1) is 16.4. The third-order valence-corrected chi connectivity index (χ3v) is 4.13. The first-order valence-electron chi connectivity index (χ1n) is 7.62. The van der Waals surface area contributed by atoms with Crippen molar-refractivity contribution in [1.82, 2.24) is 5.32 Å². The number of halogens is 2. The molecule has 0 unspecified atom stereocenters. The number of ether oxygens (including phenoxy) is 1. The van der Waals surface area contributed by atoms with Crippen LogP contribution in [0.5, 0.6) is 5.75 Å². The van der Waals surface area contributed by atoms with E-state index in [4.69, 9.17) is 4.74 Å². The van der Waals surface area contributed by atoms with Crippen molar-refractivity contribution >= 4 is 5.91 Å². The maximum Gasteiger partial charge on any atom is 0.221 e. The molecular formula is C18H17F2NO3. The molecule has 1 aliphatic rings. The van der Waals surface area contributed by atoms with Crippen LogP contribution in [0.2, 0.25) is 0 Å². The molecule has 24 heavy (non-hydrogen) atoms. The maximum atomic E-state index is 14.0. The van der Waals surface area contributed by atoms with Gasteiger partial charge < -0.3 is 15.2 Å². The molecule has 2 aromatic rings. The second kappa shape index (κ2) is 6.57. The van der Waals surface area contributed by atoms with Crippen molar-refractivity contribution in [3.05, 3.63) is 65.2 Å². The number of phenolic OH excluding ortho intramolecular Hbond substituents is 1. The van der Waals surface area contributed by atoms with Gasteiger partial charge in [-0.3, -0.25) is 4.79 Å². The lowest BCUT2D eigenvalue weighted by molar-refractivity contribution is -0.134. The predicted molar refractivity (Wildman–Crippen MR) is 83.4 cm³/mol. The SMILES string of the molecule is O=C(CCc1ccccc1O)NC1(c2c(F)cccc2F)COC1. The maximum absolute atomic E-state index is 14.0. The van der Waals surface area contributed by atoms with Gasteiger partial charge in [-0.2, -0.15) is 0 Å². The molecule has 1 heterocycles. The van der Waals surface area contributed by atoms with E-state index in [-0.39, 0.29) is 36.9 Å². The molecule has 6 heteroatoms. The number of aryl methyl sites for hydroxylation is 1. The lowest BCUT2D eigenvalue weighted by Crippen LogP contribution is -2.60. The first-order valence-corrected chi connectivity index (χ1v) is 7.62. The number of carbonyl (C=O) groups excluding carboxylic acids is 1. The summed E-state index contributed by atoms with van der Waals surface area (Å²) in [4.78, 5) is 12.2. The van der Waals surface area contributed by atoms with Crippen LogP contribution in [0.3, 0.4) is 0 Å². The van der Waals surface area contributed by atoms with Crippen molar-refractivity contribution in [2.75, 3.05) is 13.2 Å². The smallest absolute Gasteiger partial charge is 0.221 e. The van der Waals surface area contributed by atoms with E-state index in [1.165, 1.54) is 6.07 Å². The number of benzene rings is 2. The zero-order valence-corrected chi connectivity index (χ0v) is 12.9. The number of aromatic hydroxyl groups is 1. The molecule has 0 aromatic heterocycles. The molecule has 1 aliphatic heterocycles. The summed E-state index contributed by atoms with van der Waals surface area (Å²) in [7, 11) is 0. The lowest BCUT2D eigenvalue weighted by Gasteiger charge is -2.42. The van der Waals surface area contributed by atoms with E-state index in [0.717, 1.165) is 12.1 Å². The fourth-order valence-electron chi connectivity index (χ4n) is 2.84. The lowest BCUT2D eigenvalue weighted by atomic mass is 9.86. The van der Waals surface area contributed by atoms with Crippen LogP contribution in [0, 0.1) is 11.6 Å². The Morgan fingerprint density at radius 3 is 2.38 bits per heavy atom. The van der Waals surface area contributed by atoms with Gasteiger partial charge in [-0.1, -0.05) is 24.3 Å². The highest BCUT2D eigenvalue weighted by Crippen LogP contribution is 2.33. The van der Waals surface area contributed by atoms with Gasteiger partial charge in [0.25, 0.3) is 0 Å². The summed E-state index contributed by atoms with van der Waals surface area (Å²) in [5, 5.41) is 12.4. The van der Waals surface area contributed by atoms with Crippen molar-refractivity contribution in [1.29, 1.82) is 0 Å². The quantitative estimate of drug-likeness (QED) is 0.884. The van der Waals surface area contributed by atoms with Crippen LogP contribution in [0.4, 0.5) is 8.78 Å². The highest BCUT2D eigenvalue weighted by Gasteiger charge is 2.45. The van der Waals surface area contributed by atoms with Gasteiger partial charge in [0.15, 0.2) is 0 Å². The number of carbonyl (C=O) groups is 1. The minimum Gasteiger partial charge on any atom is -0.508 e. The summed E-state index contributed by atoms with van der Waals surface area (Å²) < 4.78 is 33.2. The van der Waals surface area contributed by atoms with E-state index in [1.807, 2.05) is 0 Å². The highest BCUT2D eigenvalue weighted by atomic mass is 19.1. The Morgan fingerprint density at radius 2 is 1.79 bits per heavy atom. The number of phenols is 1. The van der Waals surface area contributed by atoms with E-state index in [1.54, 1.807) is 24.3 Å². The van der Waals surface area contributed by atoms with E-state index in [0.29, 0.717) is 12.0 Å². The molecule has 1 saturated heterocycles. The Bertz CT molecular complexity index is 739. The normalized spacial score (nSPS) is 15.6. The Labute approximate surface area is 138 Å². The van der Waals surface area contributed by atoms with Gasteiger partial charge in [0.2, 0.25) is 5.91 Å². The highest BCUT2D eigenvalue weighted by molar-refractivity contribution is 5.77. The molecule has 1 fully saturated rings.